The number of nitrogens with zero attached hydrogens (tertiary/aromatic N) is 5. The average Bonchev–Trinajstić information content (AvgIpc) is 3.14. The number of rotatable bonds is 5. The van der Waals surface area contributed by atoms with Crippen LogP contribution < -0.4 is 4.90 Å². The Labute approximate surface area is 156 Å². The van der Waals surface area contributed by atoms with Gasteiger partial charge in [-0.1, -0.05) is 29.5 Å². The summed E-state index contributed by atoms with van der Waals surface area (Å²) in [6.07, 6.45) is 4.43. The second kappa shape index (κ2) is 7.88. The standard InChI is InChI=1S/C19H20FN5S/c20-17-5-3-15(4-6-17)12-18-22-23-19(26-18)25-10-8-24(9-11-25)14-16-2-1-7-21-13-16/h1-7,13H,8-12,14H2. The third kappa shape index (κ3) is 4.23. The van der Waals surface area contributed by atoms with E-state index in [1.165, 1.54) is 17.7 Å². The van der Waals surface area contributed by atoms with Gasteiger partial charge in [0.2, 0.25) is 5.13 Å². The first-order valence-electron chi connectivity index (χ1n) is 8.69. The molecule has 1 aromatic carbocycles. The van der Waals surface area contributed by atoms with Crippen molar-refractivity contribution in [2.75, 3.05) is 31.1 Å². The number of anilines is 1. The van der Waals surface area contributed by atoms with Crippen molar-refractivity contribution in [3.8, 4) is 0 Å². The zero-order chi connectivity index (χ0) is 17.8. The van der Waals surface area contributed by atoms with Crippen LogP contribution in [-0.4, -0.2) is 46.3 Å². The Balaban J connectivity index is 1.32. The van der Waals surface area contributed by atoms with Crippen molar-refractivity contribution in [1.29, 1.82) is 0 Å². The molecule has 1 aliphatic heterocycles. The van der Waals surface area contributed by atoms with Crippen molar-refractivity contribution < 1.29 is 4.39 Å². The lowest BCUT2D eigenvalue weighted by Crippen LogP contribution is -2.45. The van der Waals surface area contributed by atoms with Crippen molar-refractivity contribution in [3.63, 3.8) is 0 Å². The van der Waals surface area contributed by atoms with Gasteiger partial charge in [-0.2, -0.15) is 0 Å². The Morgan fingerprint density at radius 2 is 1.77 bits per heavy atom. The summed E-state index contributed by atoms with van der Waals surface area (Å²) in [5.41, 5.74) is 2.30. The van der Waals surface area contributed by atoms with Crippen LogP contribution in [0.1, 0.15) is 16.1 Å². The van der Waals surface area contributed by atoms with Gasteiger partial charge in [-0.3, -0.25) is 9.88 Å². The normalized spacial score (nSPS) is 15.3. The monoisotopic (exact) mass is 369 g/mol. The first-order chi connectivity index (χ1) is 12.8. The molecule has 134 valence electrons. The molecule has 0 bridgehead atoms. The van der Waals surface area contributed by atoms with Crippen LogP contribution in [0.3, 0.4) is 0 Å². The highest BCUT2D eigenvalue weighted by Crippen LogP contribution is 2.24. The van der Waals surface area contributed by atoms with Gasteiger partial charge in [0.05, 0.1) is 0 Å². The molecule has 0 unspecified atom stereocenters. The quantitative estimate of drug-likeness (QED) is 0.692. The summed E-state index contributed by atoms with van der Waals surface area (Å²) < 4.78 is 13.0. The Bertz CT molecular complexity index is 829. The number of pyridine rings is 1. The van der Waals surface area contributed by atoms with Crippen molar-refractivity contribution in [1.82, 2.24) is 20.1 Å². The summed E-state index contributed by atoms with van der Waals surface area (Å²) in [5.74, 6) is -0.212. The molecule has 0 spiro atoms. The topological polar surface area (TPSA) is 45.2 Å². The SMILES string of the molecule is Fc1ccc(Cc2nnc(N3CCN(Cc4cccnc4)CC3)s2)cc1. The van der Waals surface area contributed by atoms with Crippen LogP contribution in [0.15, 0.2) is 48.8 Å². The second-order valence-electron chi connectivity index (χ2n) is 6.41. The van der Waals surface area contributed by atoms with Crippen LogP contribution in [0.4, 0.5) is 9.52 Å². The van der Waals surface area contributed by atoms with Crippen LogP contribution in [0.2, 0.25) is 0 Å². The Hall–Kier alpha value is -2.38. The lowest BCUT2D eigenvalue weighted by atomic mass is 10.2. The maximum absolute atomic E-state index is 13.0. The highest BCUT2D eigenvalue weighted by molar-refractivity contribution is 7.15. The predicted octanol–water partition coefficient (Wildman–Crippen LogP) is 2.99. The number of hydrogen-bond acceptors (Lipinski definition) is 6. The van der Waals surface area contributed by atoms with E-state index in [2.05, 4.69) is 31.0 Å². The predicted molar refractivity (Wildman–Crippen MR) is 101 cm³/mol. The molecule has 3 heterocycles. The van der Waals surface area contributed by atoms with Crippen LogP contribution >= 0.6 is 11.3 Å². The molecular weight excluding hydrogens is 349 g/mol. The van der Waals surface area contributed by atoms with E-state index in [4.69, 9.17) is 0 Å². The largest absolute Gasteiger partial charge is 0.344 e. The van der Waals surface area contributed by atoms with Gasteiger partial charge < -0.3 is 4.90 Å². The van der Waals surface area contributed by atoms with Gasteiger partial charge in [0.15, 0.2) is 0 Å². The maximum atomic E-state index is 13.0. The molecule has 0 amide bonds. The molecule has 2 aromatic heterocycles. The Kier molecular flexibility index (Phi) is 5.17. The van der Waals surface area contributed by atoms with Gasteiger partial charge in [-0.15, -0.1) is 10.2 Å². The summed E-state index contributed by atoms with van der Waals surface area (Å²) in [5, 5.41) is 10.6. The van der Waals surface area contributed by atoms with Crippen LogP contribution in [-0.2, 0) is 13.0 Å². The Morgan fingerprint density at radius 1 is 0.962 bits per heavy atom. The first-order valence-corrected chi connectivity index (χ1v) is 9.51. The fourth-order valence-corrected chi connectivity index (χ4v) is 3.99. The first kappa shape index (κ1) is 17.1. The smallest absolute Gasteiger partial charge is 0.208 e. The summed E-state index contributed by atoms with van der Waals surface area (Å²) in [7, 11) is 0. The third-order valence-electron chi connectivity index (χ3n) is 4.50. The molecule has 1 saturated heterocycles. The highest BCUT2D eigenvalue weighted by atomic mass is 32.1. The van der Waals surface area contributed by atoms with Crippen molar-refractivity contribution >= 4 is 16.5 Å². The molecule has 1 aliphatic rings. The molecule has 1 fully saturated rings. The average molecular weight is 369 g/mol. The van der Waals surface area contributed by atoms with Crippen LogP contribution in [0, 0.1) is 5.82 Å². The van der Waals surface area contributed by atoms with E-state index >= 15 is 0 Å². The van der Waals surface area contributed by atoms with Crippen molar-refractivity contribution in [2.24, 2.45) is 0 Å². The molecule has 3 aromatic rings. The molecule has 0 atom stereocenters. The van der Waals surface area contributed by atoms with Gasteiger partial charge in [0.25, 0.3) is 0 Å². The number of aromatic nitrogens is 3. The third-order valence-corrected chi connectivity index (χ3v) is 5.48. The second-order valence-corrected chi connectivity index (χ2v) is 7.45. The maximum Gasteiger partial charge on any atom is 0.208 e. The summed E-state index contributed by atoms with van der Waals surface area (Å²) in [6, 6.07) is 10.7. The fourth-order valence-electron chi connectivity index (χ4n) is 3.07. The van der Waals surface area contributed by atoms with Crippen molar-refractivity contribution in [2.45, 2.75) is 13.0 Å². The molecule has 4 rings (SSSR count). The summed E-state index contributed by atoms with van der Waals surface area (Å²) in [4.78, 5) is 8.92. The van der Waals surface area contributed by atoms with E-state index in [1.54, 1.807) is 29.7 Å². The summed E-state index contributed by atoms with van der Waals surface area (Å²) >= 11 is 1.63. The molecule has 0 N–H and O–H groups in total. The number of hydrogen-bond donors (Lipinski definition) is 0. The zero-order valence-corrected chi connectivity index (χ0v) is 15.2. The molecule has 0 aliphatic carbocycles. The fraction of sp³-hybridized carbons (Fsp3) is 0.316. The molecule has 0 saturated carbocycles. The zero-order valence-electron chi connectivity index (χ0n) is 14.4. The van der Waals surface area contributed by atoms with E-state index in [9.17, 15) is 4.39 Å². The molecule has 26 heavy (non-hydrogen) atoms. The lowest BCUT2D eigenvalue weighted by molar-refractivity contribution is 0.249. The van der Waals surface area contributed by atoms with E-state index < -0.39 is 0 Å². The number of benzene rings is 1. The molecular formula is C19H20FN5S. The molecule has 5 nitrogen and oxygen atoms in total. The van der Waals surface area contributed by atoms with E-state index in [1.807, 2.05) is 12.3 Å². The number of piperazine rings is 1. The van der Waals surface area contributed by atoms with Gasteiger partial charge >= 0.3 is 0 Å². The van der Waals surface area contributed by atoms with Gasteiger partial charge in [-0.25, -0.2) is 4.39 Å². The summed E-state index contributed by atoms with van der Waals surface area (Å²) in [6.45, 7) is 4.84. The number of halogens is 1. The van der Waals surface area contributed by atoms with Crippen LogP contribution in [0.25, 0.3) is 0 Å². The van der Waals surface area contributed by atoms with Crippen molar-refractivity contribution in [3.05, 3.63) is 70.7 Å². The Morgan fingerprint density at radius 3 is 2.50 bits per heavy atom. The minimum Gasteiger partial charge on any atom is -0.344 e. The lowest BCUT2D eigenvalue weighted by Gasteiger charge is -2.34. The van der Waals surface area contributed by atoms with Gasteiger partial charge in [0, 0.05) is 51.5 Å². The minimum atomic E-state index is -0.212. The van der Waals surface area contributed by atoms with Crippen LogP contribution in [0.5, 0.6) is 0 Å². The highest BCUT2D eigenvalue weighted by Gasteiger charge is 2.20. The van der Waals surface area contributed by atoms with E-state index in [0.29, 0.717) is 6.42 Å². The van der Waals surface area contributed by atoms with E-state index in [-0.39, 0.29) is 5.82 Å². The molecule has 0 radical (unpaired) electrons. The van der Waals surface area contributed by atoms with E-state index in [0.717, 1.165) is 48.4 Å². The van der Waals surface area contributed by atoms with Gasteiger partial charge in [-0.05, 0) is 29.3 Å². The minimum absolute atomic E-state index is 0.212. The van der Waals surface area contributed by atoms with Gasteiger partial charge in [0.1, 0.15) is 10.8 Å². The molecule has 7 heteroatoms.